The smallest absolute Gasteiger partial charge is 0.203 e. The van der Waals surface area contributed by atoms with Gasteiger partial charge in [-0.2, -0.15) is 0 Å². The lowest BCUT2D eigenvalue weighted by atomic mass is 10.2. The molecule has 0 bridgehead atoms. The van der Waals surface area contributed by atoms with Crippen LogP contribution in [-0.4, -0.2) is 14.7 Å². The summed E-state index contributed by atoms with van der Waals surface area (Å²) in [5.41, 5.74) is 3.27. The molecule has 0 aliphatic carbocycles. The van der Waals surface area contributed by atoms with Crippen LogP contribution in [0.25, 0.3) is 11.3 Å². The normalized spacial score (nSPS) is 10.6. The van der Waals surface area contributed by atoms with E-state index in [2.05, 4.69) is 38.4 Å². The molecule has 3 aromatic rings. The molecule has 0 atom stereocenters. The monoisotopic (exact) mass is 357 g/mol. The van der Waals surface area contributed by atoms with E-state index in [1.807, 2.05) is 42.1 Å². The standard InChI is InChI=1S/C17H16BrN3O/c1-21-16(13-4-6-14(18)7-5-13)11-20-17(21)19-10-12-2-8-15(22)9-3-12/h2-9,11,22H,10H2,1H3,(H,19,20). The van der Waals surface area contributed by atoms with E-state index >= 15 is 0 Å². The zero-order valence-corrected chi connectivity index (χ0v) is 13.7. The molecule has 2 N–H and O–H groups in total. The molecule has 0 fully saturated rings. The summed E-state index contributed by atoms with van der Waals surface area (Å²) < 4.78 is 3.09. The molecule has 0 aliphatic rings. The van der Waals surface area contributed by atoms with Crippen LogP contribution in [0.1, 0.15) is 5.56 Å². The number of aromatic hydroxyl groups is 1. The first-order chi connectivity index (χ1) is 10.6. The van der Waals surface area contributed by atoms with E-state index in [1.54, 1.807) is 12.1 Å². The van der Waals surface area contributed by atoms with Crippen molar-refractivity contribution in [3.63, 3.8) is 0 Å². The molecule has 0 amide bonds. The van der Waals surface area contributed by atoms with Crippen molar-refractivity contribution < 1.29 is 5.11 Å². The van der Waals surface area contributed by atoms with Gasteiger partial charge in [0.05, 0.1) is 11.9 Å². The Balaban J connectivity index is 1.75. The van der Waals surface area contributed by atoms with Gasteiger partial charge in [-0.05, 0) is 35.4 Å². The lowest BCUT2D eigenvalue weighted by molar-refractivity contribution is 0.475. The summed E-state index contributed by atoms with van der Waals surface area (Å²) in [7, 11) is 1.99. The Kier molecular flexibility index (Phi) is 4.15. The maximum absolute atomic E-state index is 9.29. The van der Waals surface area contributed by atoms with Gasteiger partial charge in [-0.1, -0.05) is 40.2 Å². The van der Waals surface area contributed by atoms with Gasteiger partial charge in [0.25, 0.3) is 0 Å². The number of halogens is 1. The first kappa shape index (κ1) is 14.7. The summed E-state index contributed by atoms with van der Waals surface area (Å²) >= 11 is 3.44. The molecule has 112 valence electrons. The van der Waals surface area contributed by atoms with Gasteiger partial charge in [0.2, 0.25) is 5.95 Å². The molecule has 3 rings (SSSR count). The van der Waals surface area contributed by atoms with Crippen molar-refractivity contribution in [2.75, 3.05) is 5.32 Å². The highest BCUT2D eigenvalue weighted by Crippen LogP contribution is 2.24. The largest absolute Gasteiger partial charge is 0.508 e. The highest BCUT2D eigenvalue weighted by molar-refractivity contribution is 9.10. The van der Waals surface area contributed by atoms with Crippen LogP contribution in [0.5, 0.6) is 5.75 Å². The van der Waals surface area contributed by atoms with Gasteiger partial charge in [0.1, 0.15) is 5.75 Å². The van der Waals surface area contributed by atoms with Crippen LogP contribution in [0.4, 0.5) is 5.95 Å². The number of aromatic nitrogens is 2. The molecule has 0 spiro atoms. The van der Waals surface area contributed by atoms with Crippen molar-refractivity contribution in [3.05, 3.63) is 64.8 Å². The number of rotatable bonds is 4. The van der Waals surface area contributed by atoms with Crippen LogP contribution in [0.2, 0.25) is 0 Å². The maximum atomic E-state index is 9.29. The van der Waals surface area contributed by atoms with E-state index < -0.39 is 0 Å². The van der Waals surface area contributed by atoms with Gasteiger partial charge in [-0.25, -0.2) is 4.98 Å². The molecule has 0 aliphatic heterocycles. The van der Waals surface area contributed by atoms with Crippen molar-refractivity contribution >= 4 is 21.9 Å². The van der Waals surface area contributed by atoms with E-state index in [0.717, 1.165) is 27.2 Å². The summed E-state index contributed by atoms with van der Waals surface area (Å²) in [6.07, 6.45) is 1.86. The first-order valence-electron chi connectivity index (χ1n) is 6.93. The average molecular weight is 358 g/mol. The molecule has 0 saturated heterocycles. The molecule has 22 heavy (non-hydrogen) atoms. The third-order valence-corrected chi connectivity index (χ3v) is 4.04. The lowest BCUT2D eigenvalue weighted by Crippen LogP contribution is -2.05. The van der Waals surface area contributed by atoms with Crippen molar-refractivity contribution in [2.24, 2.45) is 7.05 Å². The van der Waals surface area contributed by atoms with Crippen molar-refractivity contribution in [1.29, 1.82) is 0 Å². The molecule has 5 heteroatoms. The molecule has 0 radical (unpaired) electrons. The van der Waals surface area contributed by atoms with Crippen LogP contribution in [0.3, 0.4) is 0 Å². The highest BCUT2D eigenvalue weighted by Gasteiger charge is 2.08. The highest BCUT2D eigenvalue weighted by atomic mass is 79.9. The number of imidazole rings is 1. The number of nitrogens with one attached hydrogen (secondary N) is 1. The molecule has 2 aromatic carbocycles. The Labute approximate surface area is 137 Å². The Hall–Kier alpha value is -2.27. The lowest BCUT2D eigenvalue weighted by Gasteiger charge is -2.09. The predicted molar refractivity (Wildman–Crippen MR) is 91.8 cm³/mol. The van der Waals surface area contributed by atoms with Crippen LogP contribution < -0.4 is 5.32 Å². The second-order valence-corrected chi connectivity index (χ2v) is 5.97. The second kappa shape index (κ2) is 6.23. The molecule has 1 aromatic heterocycles. The summed E-state index contributed by atoms with van der Waals surface area (Å²) in [5.74, 6) is 1.09. The summed E-state index contributed by atoms with van der Waals surface area (Å²) in [6, 6.07) is 15.3. The van der Waals surface area contributed by atoms with E-state index in [9.17, 15) is 5.11 Å². The van der Waals surface area contributed by atoms with Crippen molar-refractivity contribution in [1.82, 2.24) is 9.55 Å². The Morgan fingerprint density at radius 3 is 2.45 bits per heavy atom. The fraction of sp³-hybridized carbons (Fsp3) is 0.118. The molecule has 1 heterocycles. The topological polar surface area (TPSA) is 50.1 Å². The van der Waals surface area contributed by atoms with Gasteiger partial charge in [0, 0.05) is 18.1 Å². The summed E-state index contributed by atoms with van der Waals surface area (Å²) in [6.45, 7) is 0.658. The summed E-state index contributed by atoms with van der Waals surface area (Å²) in [4.78, 5) is 4.44. The number of benzene rings is 2. The Morgan fingerprint density at radius 1 is 1.09 bits per heavy atom. The first-order valence-corrected chi connectivity index (χ1v) is 7.72. The van der Waals surface area contributed by atoms with Crippen molar-refractivity contribution in [2.45, 2.75) is 6.54 Å². The minimum Gasteiger partial charge on any atom is -0.508 e. The molecular weight excluding hydrogens is 342 g/mol. The molecule has 4 nitrogen and oxygen atoms in total. The Bertz CT molecular complexity index is 764. The third-order valence-electron chi connectivity index (χ3n) is 3.52. The zero-order valence-electron chi connectivity index (χ0n) is 12.1. The minimum absolute atomic E-state index is 0.276. The van der Waals surface area contributed by atoms with Gasteiger partial charge in [-0.3, -0.25) is 0 Å². The number of phenols is 1. The van der Waals surface area contributed by atoms with E-state index in [4.69, 9.17) is 0 Å². The van der Waals surface area contributed by atoms with Gasteiger partial charge in [-0.15, -0.1) is 0 Å². The number of hydrogen-bond donors (Lipinski definition) is 2. The zero-order chi connectivity index (χ0) is 15.5. The van der Waals surface area contributed by atoms with Gasteiger partial charge >= 0.3 is 0 Å². The number of hydrogen-bond acceptors (Lipinski definition) is 3. The van der Waals surface area contributed by atoms with Crippen LogP contribution >= 0.6 is 15.9 Å². The van der Waals surface area contributed by atoms with Crippen LogP contribution in [0, 0.1) is 0 Å². The second-order valence-electron chi connectivity index (χ2n) is 5.05. The van der Waals surface area contributed by atoms with Crippen LogP contribution in [-0.2, 0) is 13.6 Å². The van der Waals surface area contributed by atoms with Gasteiger partial charge in [0.15, 0.2) is 0 Å². The average Bonchev–Trinajstić information content (AvgIpc) is 2.89. The molecule has 0 unspecified atom stereocenters. The Morgan fingerprint density at radius 2 is 1.77 bits per heavy atom. The van der Waals surface area contributed by atoms with Gasteiger partial charge < -0.3 is 15.0 Å². The quantitative estimate of drug-likeness (QED) is 0.736. The SMILES string of the molecule is Cn1c(-c2ccc(Br)cc2)cnc1NCc1ccc(O)cc1. The molecule has 0 saturated carbocycles. The summed E-state index contributed by atoms with van der Waals surface area (Å²) in [5, 5.41) is 12.6. The maximum Gasteiger partial charge on any atom is 0.203 e. The van der Waals surface area contributed by atoms with E-state index in [0.29, 0.717) is 6.54 Å². The third kappa shape index (κ3) is 3.14. The van der Waals surface area contributed by atoms with E-state index in [1.165, 1.54) is 0 Å². The predicted octanol–water partition coefficient (Wildman–Crippen LogP) is 4.17. The minimum atomic E-state index is 0.276. The molecular formula is C17H16BrN3O. The fourth-order valence-electron chi connectivity index (χ4n) is 2.26. The van der Waals surface area contributed by atoms with E-state index in [-0.39, 0.29) is 5.75 Å². The number of nitrogens with zero attached hydrogens (tertiary/aromatic N) is 2. The number of phenolic OH excluding ortho intramolecular Hbond substituents is 1. The van der Waals surface area contributed by atoms with Crippen molar-refractivity contribution in [3.8, 4) is 17.0 Å². The fourth-order valence-corrected chi connectivity index (χ4v) is 2.52. The number of anilines is 1. The van der Waals surface area contributed by atoms with Crippen LogP contribution in [0.15, 0.2) is 59.2 Å².